The Morgan fingerprint density at radius 1 is 1.22 bits per heavy atom. The minimum atomic E-state index is -0.875. The minimum Gasteiger partial charge on any atom is -0.465 e. The summed E-state index contributed by atoms with van der Waals surface area (Å²) in [6.45, 7) is 6.97. The van der Waals surface area contributed by atoms with Gasteiger partial charge in [-0.1, -0.05) is 24.3 Å². The molecule has 0 aliphatic carbocycles. The number of hydrogen-bond acceptors (Lipinski definition) is 8. The second-order valence-electron chi connectivity index (χ2n) is 8.98. The highest BCUT2D eigenvalue weighted by Gasteiger charge is 2.39. The van der Waals surface area contributed by atoms with Crippen LogP contribution in [0.3, 0.4) is 0 Å². The number of benzene rings is 1. The molecule has 0 saturated carbocycles. The normalized spacial score (nSPS) is 20.2. The number of cyclic esters (lactones) is 1. The van der Waals surface area contributed by atoms with Gasteiger partial charge >= 0.3 is 12.2 Å². The van der Waals surface area contributed by atoms with Crippen LogP contribution in [0.4, 0.5) is 25.7 Å². The number of anilines is 2. The van der Waals surface area contributed by atoms with Crippen molar-refractivity contribution in [1.82, 2.24) is 19.8 Å². The average Bonchev–Trinajstić information content (AvgIpc) is 3.25. The molecule has 2 aliphatic heterocycles. The standard InChI is InChI=1S/C24H31FN6O5/c1-15(18-6-4-17(5-7-18)13-29-8-10-30(11-9-29)23(32)33)26-22-27-20(25)12-21(28-22)31-19(16(2)35-3)14-36-24(31)34/h4-7,12,15-16,19H,8-11,13-14H2,1-3H3,(H,32,33)(H,26,27,28)/t15-,16+,19+/m0/s1. The molecule has 36 heavy (non-hydrogen) atoms. The van der Waals surface area contributed by atoms with Crippen molar-refractivity contribution in [2.75, 3.05) is 50.1 Å². The number of carbonyl (C=O) groups is 2. The van der Waals surface area contributed by atoms with Crippen LogP contribution in [0.1, 0.15) is 31.0 Å². The fourth-order valence-electron chi connectivity index (χ4n) is 4.34. The molecule has 11 nitrogen and oxygen atoms in total. The largest absolute Gasteiger partial charge is 0.465 e. The molecule has 0 bridgehead atoms. The van der Waals surface area contributed by atoms with Crippen LogP contribution in [0.5, 0.6) is 0 Å². The zero-order valence-electron chi connectivity index (χ0n) is 20.6. The van der Waals surface area contributed by atoms with Gasteiger partial charge in [-0.25, -0.2) is 9.59 Å². The van der Waals surface area contributed by atoms with Crippen LogP contribution < -0.4 is 10.2 Å². The van der Waals surface area contributed by atoms with E-state index in [0.29, 0.717) is 26.2 Å². The molecule has 12 heteroatoms. The third-order valence-corrected chi connectivity index (χ3v) is 6.62. The molecule has 0 spiro atoms. The molecule has 3 atom stereocenters. The van der Waals surface area contributed by atoms with Crippen molar-refractivity contribution in [2.24, 2.45) is 0 Å². The average molecular weight is 503 g/mol. The molecule has 194 valence electrons. The van der Waals surface area contributed by atoms with Crippen LogP contribution in [0.15, 0.2) is 30.3 Å². The van der Waals surface area contributed by atoms with Gasteiger partial charge < -0.3 is 24.8 Å². The van der Waals surface area contributed by atoms with Crippen molar-refractivity contribution in [2.45, 2.75) is 38.6 Å². The first-order valence-electron chi connectivity index (χ1n) is 11.8. The van der Waals surface area contributed by atoms with Crippen molar-refractivity contribution >= 4 is 24.0 Å². The van der Waals surface area contributed by atoms with Crippen LogP contribution >= 0.6 is 0 Å². The number of nitrogens with zero attached hydrogens (tertiary/aromatic N) is 5. The van der Waals surface area contributed by atoms with E-state index in [1.165, 1.54) is 16.9 Å². The smallest absolute Gasteiger partial charge is 0.416 e. The second-order valence-corrected chi connectivity index (χ2v) is 8.98. The Kier molecular flexibility index (Phi) is 7.85. The maximum atomic E-state index is 14.4. The van der Waals surface area contributed by atoms with Crippen molar-refractivity contribution < 1.29 is 28.6 Å². The van der Waals surface area contributed by atoms with Crippen LogP contribution in [-0.4, -0.2) is 89.1 Å². The first-order chi connectivity index (χ1) is 17.2. The van der Waals surface area contributed by atoms with Crippen molar-refractivity contribution in [3.05, 3.63) is 47.4 Å². The number of amides is 2. The van der Waals surface area contributed by atoms with E-state index in [1.54, 1.807) is 6.92 Å². The Balaban J connectivity index is 1.40. The Hall–Kier alpha value is -3.51. The van der Waals surface area contributed by atoms with E-state index >= 15 is 0 Å². The lowest BCUT2D eigenvalue weighted by Gasteiger charge is -2.33. The number of nitrogens with one attached hydrogen (secondary N) is 1. The molecule has 2 amide bonds. The van der Waals surface area contributed by atoms with Gasteiger partial charge in [0.1, 0.15) is 18.5 Å². The molecule has 2 N–H and O–H groups in total. The van der Waals surface area contributed by atoms with Gasteiger partial charge in [-0.05, 0) is 25.0 Å². The number of halogens is 1. The van der Waals surface area contributed by atoms with E-state index in [0.717, 1.165) is 23.7 Å². The zero-order chi connectivity index (χ0) is 25.8. The van der Waals surface area contributed by atoms with E-state index < -0.39 is 24.2 Å². The summed E-state index contributed by atoms with van der Waals surface area (Å²) in [6, 6.07) is 8.44. The number of ether oxygens (including phenoxy) is 2. The predicted molar refractivity (Wildman–Crippen MR) is 129 cm³/mol. The highest BCUT2D eigenvalue weighted by atomic mass is 19.1. The molecule has 4 rings (SSSR count). The number of methoxy groups -OCH3 is 1. The third kappa shape index (κ3) is 5.82. The van der Waals surface area contributed by atoms with Crippen LogP contribution in [0.25, 0.3) is 0 Å². The summed E-state index contributed by atoms with van der Waals surface area (Å²) in [6.07, 6.45) is -1.81. The van der Waals surface area contributed by atoms with E-state index in [4.69, 9.17) is 14.6 Å². The fraction of sp³-hybridized carbons (Fsp3) is 0.500. The highest BCUT2D eigenvalue weighted by molar-refractivity contribution is 5.89. The molecule has 3 heterocycles. The van der Waals surface area contributed by atoms with Gasteiger partial charge in [-0.2, -0.15) is 14.4 Å². The molecule has 1 aromatic carbocycles. The van der Waals surface area contributed by atoms with Gasteiger partial charge in [0.25, 0.3) is 0 Å². The summed E-state index contributed by atoms with van der Waals surface area (Å²) in [5, 5.41) is 12.2. The van der Waals surface area contributed by atoms with Crippen molar-refractivity contribution in [1.29, 1.82) is 0 Å². The Morgan fingerprint density at radius 3 is 2.56 bits per heavy atom. The summed E-state index contributed by atoms with van der Waals surface area (Å²) >= 11 is 0. The summed E-state index contributed by atoms with van der Waals surface area (Å²) in [7, 11) is 1.53. The first-order valence-corrected chi connectivity index (χ1v) is 11.8. The number of carboxylic acid groups (broad SMARTS) is 1. The van der Waals surface area contributed by atoms with E-state index in [1.807, 2.05) is 31.2 Å². The number of hydrogen-bond donors (Lipinski definition) is 2. The van der Waals surface area contributed by atoms with E-state index in [2.05, 4.69) is 20.2 Å². The quantitative estimate of drug-likeness (QED) is 0.525. The maximum Gasteiger partial charge on any atom is 0.416 e. The topological polar surface area (TPSA) is 120 Å². The highest BCUT2D eigenvalue weighted by Crippen LogP contribution is 2.26. The van der Waals surface area contributed by atoms with Gasteiger partial charge in [0, 0.05) is 45.9 Å². The van der Waals surface area contributed by atoms with Crippen molar-refractivity contribution in [3.63, 3.8) is 0 Å². The lowest BCUT2D eigenvalue weighted by molar-refractivity contribution is 0.0881. The Bertz CT molecular complexity index is 1080. The molecule has 2 fully saturated rings. The van der Waals surface area contributed by atoms with E-state index in [9.17, 15) is 14.0 Å². The summed E-state index contributed by atoms with van der Waals surface area (Å²) < 4.78 is 24.8. The monoisotopic (exact) mass is 502 g/mol. The van der Waals surface area contributed by atoms with Crippen LogP contribution in [-0.2, 0) is 16.0 Å². The van der Waals surface area contributed by atoms with Gasteiger partial charge in [-0.3, -0.25) is 9.80 Å². The van der Waals surface area contributed by atoms with Gasteiger partial charge in [0.15, 0.2) is 0 Å². The molecule has 2 aliphatic rings. The molecule has 2 saturated heterocycles. The minimum absolute atomic E-state index is 0.0568. The summed E-state index contributed by atoms with van der Waals surface area (Å²) in [5.74, 6) is -0.607. The van der Waals surface area contributed by atoms with Gasteiger partial charge in [0.2, 0.25) is 11.9 Å². The molecule has 0 unspecified atom stereocenters. The number of rotatable bonds is 8. The van der Waals surface area contributed by atoms with Crippen molar-refractivity contribution in [3.8, 4) is 0 Å². The molecule has 2 aromatic rings. The maximum absolute atomic E-state index is 14.4. The number of piperazine rings is 1. The number of carbonyl (C=O) groups excluding carboxylic acids is 1. The zero-order valence-corrected chi connectivity index (χ0v) is 20.6. The Labute approximate surface area is 208 Å². The second kappa shape index (κ2) is 11.0. The third-order valence-electron chi connectivity index (χ3n) is 6.62. The van der Waals surface area contributed by atoms with Gasteiger partial charge in [-0.15, -0.1) is 0 Å². The summed E-state index contributed by atoms with van der Waals surface area (Å²) in [4.78, 5) is 36.5. The van der Waals surface area contributed by atoms with E-state index in [-0.39, 0.29) is 30.5 Å². The fourth-order valence-corrected chi connectivity index (χ4v) is 4.34. The summed E-state index contributed by atoms with van der Waals surface area (Å²) in [5.41, 5.74) is 2.07. The lowest BCUT2D eigenvalue weighted by atomic mass is 10.1. The first kappa shape index (κ1) is 25.6. The number of aromatic nitrogens is 2. The van der Waals surface area contributed by atoms with Crippen LogP contribution in [0.2, 0.25) is 0 Å². The molecule has 1 aromatic heterocycles. The molecular formula is C24H31FN6O5. The Morgan fingerprint density at radius 2 is 1.92 bits per heavy atom. The lowest BCUT2D eigenvalue weighted by Crippen LogP contribution is -2.47. The van der Waals surface area contributed by atoms with Gasteiger partial charge in [0.05, 0.1) is 12.1 Å². The SMILES string of the molecule is CO[C@H](C)[C@H]1COC(=O)N1c1cc(F)nc(N[C@@H](C)c2ccc(CN3CCN(C(=O)O)CC3)cc2)n1. The molecular weight excluding hydrogens is 471 g/mol. The molecule has 0 radical (unpaired) electrons. The van der Waals surface area contributed by atoms with Crippen LogP contribution in [0, 0.1) is 5.95 Å². The predicted octanol–water partition coefficient (Wildman–Crippen LogP) is 2.94.